The summed E-state index contributed by atoms with van der Waals surface area (Å²) in [5, 5.41) is 8.98. The van der Waals surface area contributed by atoms with E-state index in [1.807, 2.05) is 0 Å². The molecule has 0 amide bonds. The zero-order chi connectivity index (χ0) is 13.1. The van der Waals surface area contributed by atoms with Crippen LogP contribution in [0, 0.1) is 0 Å². The molecule has 1 rings (SSSR count). The Morgan fingerprint density at radius 3 is 2.47 bits per heavy atom. The summed E-state index contributed by atoms with van der Waals surface area (Å²) in [6, 6.07) is 0.884. The standard InChI is InChI=1S/C9H8F5NO2/c10-8(11)7(16)5-1-6(3-15-2-5)17-4-9(12,13)14/h1-3,7-8,16H,4H2. The maximum atomic E-state index is 12.1. The highest BCUT2D eigenvalue weighted by Crippen LogP contribution is 2.24. The molecule has 1 aromatic rings. The highest BCUT2D eigenvalue weighted by molar-refractivity contribution is 5.25. The number of pyridine rings is 1. The molecule has 3 nitrogen and oxygen atoms in total. The van der Waals surface area contributed by atoms with Crippen LogP contribution in [0.3, 0.4) is 0 Å². The van der Waals surface area contributed by atoms with Crippen molar-refractivity contribution in [3.63, 3.8) is 0 Å². The van der Waals surface area contributed by atoms with Gasteiger partial charge in [0.25, 0.3) is 6.43 Å². The number of alkyl halides is 5. The van der Waals surface area contributed by atoms with E-state index in [0.29, 0.717) is 0 Å². The van der Waals surface area contributed by atoms with Gasteiger partial charge in [-0.15, -0.1) is 0 Å². The predicted molar refractivity (Wildman–Crippen MR) is 46.8 cm³/mol. The Bertz CT molecular complexity index is 369. The van der Waals surface area contributed by atoms with Crippen molar-refractivity contribution < 1.29 is 31.8 Å². The van der Waals surface area contributed by atoms with E-state index < -0.39 is 25.3 Å². The second-order valence-electron chi connectivity index (χ2n) is 3.14. The molecule has 0 aliphatic carbocycles. The van der Waals surface area contributed by atoms with Crippen LogP contribution in [0.25, 0.3) is 0 Å². The second-order valence-corrected chi connectivity index (χ2v) is 3.14. The van der Waals surface area contributed by atoms with Gasteiger partial charge in [0, 0.05) is 11.8 Å². The van der Waals surface area contributed by atoms with Crippen LogP contribution in [0.5, 0.6) is 5.75 Å². The lowest BCUT2D eigenvalue weighted by Gasteiger charge is -2.12. The van der Waals surface area contributed by atoms with E-state index in [2.05, 4.69) is 9.72 Å². The summed E-state index contributed by atoms with van der Waals surface area (Å²) in [5.74, 6) is -0.334. The van der Waals surface area contributed by atoms with Crippen molar-refractivity contribution >= 4 is 0 Å². The molecule has 0 bridgehead atoms. The first-order valence-electron chi connectivity index (χ1n) is 4.40. The van der Waals surface area contributed by atoms with E-state index >= 15 is 0 Å². The van der Waals surface area contributed by atoms with Gasteiger partial charge >= 0.3 is 6.18 Å². The van der Waals surface area contributed by atoms with Crippen molar-refractivity contribution in [1.29, 1.82) is 0 Å². The van der Waals surface area contributed by atoms with Crippen LogP contribution in [-0.4, -0.2) is 29.3 Å². The number of hydrogen-bond acceptors (Lipinski definition) is 3. The number of aromatic nitrogens is 1. The summed E-state index contributed by atoms with van der Waals surface area (Å²) in [7, 11) is 0. The molecule has 1 unspecified atom stereocenters. The van der Waals surface area contributed by atoms with E-state index in [4.69, 9.17) is 5.11 Å². The summed E-state index contributed by atoms with van der Waals surface area (Å²) in [5.41, 5.74) is -0.306. The van der Waals surface area contributed by atoms with Crippen LogP contribution in [0.1, 0.15) is 11.7 Å². The van der Waals surface area contributed by atoms with Crippen LogP contribution in [-0.2, 0) is 0 Å². The fraction of sp³-hybridized carbons (Fsp3) is 0.444. The van der Waals surface area contributed by atoms with Crippen molar-refractivity contribution in [2.24, 2.45) is 0 Å². The van der Waals surface area contributed by atoms with Gasteiger partial charge in [-0.2, -0.15) is 13.2 Å². The van der Waals surface area contributed by atoms with Crippen LogP contribution in [0.15, 0.2) is 18.5 Å². The van der Waals surface area contributed by atoms with Crippen molar-refractivity contribution in [2.75, 3.05) is 6.61 Å². The molecule has 0 saturated heterocycles. The Labute approximate surface area is 92.8 Å². The van der Waals surface area contributed by atoms with Crippen LogP contribution in [0.2, 0.25) is 0 Å². The summed E-state index contributed by atoms with van der Waals surface area (Å²) in [4.78, 5) is 3.40. The number of ether oxygens (including phenoxy) is 1. The van der Waals surface area contributed by atoms with Crippen LogP contribution in [0.4, 0.5) is 22.0 Å². The molecule has 1 heterocycles. The minimum Gasteiger partial charge on any atom is -0.482 e. The van der Waals surface area contributed by atoms with Gasteiger partial charge in [0.15, 0.2) is 6.61 Å². The van der Waals surface area contributed by atoms with Gasteiger partial charge in [0.1, 0.15) is 11.9 Å². The number of aliphatic hydroxyl groups is 1. The summed E-state index contributed by atoms with van der Waals surface area (Å²) >= 11 is 0. The maximum absolute atomic E-state index is 12.1. The number of nitrogens with zero attached hydrogens (tertiary/aromatic N) is 1. The lowest BCUT2D eigenvalue weighted by Crippen LogP contribution is -2.19. The fourth-order valence-corrected chi connectivity index (χ4v) is 0.987. The molecule has 0 aliphatic rings. The molecule has 8 heteroatoms. The van der Waals surface area contributed by atoms with E-state index in [1.54, 1.807) is 0 Å². The topological polar surface area (TPSA) is 42.4 Å². The molecule has 1 N–H and O–H groups in total. The average molecular weight is 257 g/mol. The van der Waals surface area contributed by atoms with Crippen molar-refractivity contribution in [1.82, 2.24) is 4.98 Å². The monoisotopic (exact) mass is 257 g/mol. The maximum Gasteiger partial charge on any atom is 0.422 e. The second kappa shape index (κ2) is 5.26. The first-order valence-corrected chi connectivity index (χ1v) is 4.40. The minimum atomic E-state index is -4.53. The van der Waals surface area contributed by atoms with Gasteiger partial charge in [-0.3, -0.25) is 4.98 Å². The molecule has 0 aromatic carbocycles. The van der Waals surface area contributed by atoms with Gasteiger partial charge < -0.3 is 9.84 Å². The summed E-state index contributed by atoms with van der Waals surface area (Å²) < 4.78 is 64.0. The zero-order valence-corrected chi connectivity index (χ0v) is 8.29. The molecule has 17 heavy (non-hydrogen) atoms. The number of hydrogen-bond donors (Lipinski definition) is 1. The van der Waals surface area contributed by atoms with Gasteiger partial charge in [0.2, 0.25) is 0 Å². The third kappa shape index (κ3) is 4.51. The van der Waals surface area contributed by atoms with Crippen LogP contribution < -0.4 is 4.74 Å². The Morgan fingerprint density at radius 1 is 1.29 bits per heavy atom. The first kappa shape index (κ1) is 13.6. The fourth-order valence-electron chi connectivity index (χ4n) is 0.987. The van der Waals surface area contributed by atoms with Gasteiger partial charge in [-0.1, -0.05) is 0 Å². The molecule has 96 valence electrons. The van der Waals surface area contributed by atoms with Gasteiger partial charge in [-0.05, 0) is 6.07 Å². The van der Waals surface area contributed by atoms with E-state index in [-0.39, 0.29) is 11.3 Å². The summed E-state index contributed by atoms with van der Waals surface area (Å²) in [6.45, 7) is -1.55. The van der Waals surface area contributed by atoms with E-state index in [9.17, 15) is 22.0 Å². The summed E-state index contributed by atoms with van der Waals surface area (Å²) in [6.07, 6.45) is -7.81. The third-order valence-corrected chi connectivity index (χ3v) is 1.72. The van der Waals surface area contributed by atoms with E-state index in [0.717, 1.165) is 18.5 Å². The third-order valence-electron chi connectivity index (χ3n) is 1.72. The molecular formula is C9H8F5NO2. The molecule has 1 aromatic heterocycles. The van der Waals surface area contributed by atoms with Gasteiger partial charge in [-0.25, -0.2) is 8.78 Å². The highest BCUT2D eigenvalue weighted by Gasteiger charge is 2.28. The van der Waals surface area contributed by atoms with Crippen molar-refractivity contribution in [2.45, 2.75) is 18.7 Å². The quantitative estimate of drug-likeness (QED) is 0.842. The highest BCUT2D eigenvalue weighted by atomic mass is 19.4. The molecule has 0 aliphatic heterocycles. The minimum absolute atomic E-state index is 0.306. The molecule has 0 radical (unpaired) electrons. The number of rotatable bonds is 4. The molecule has 0 fully saturated rings. The molecule has 0 saturated carbocycles. The smallest absolute Gasteiger partial charge is 0.422 e. The Kier molecular flexibility index (Phi) is 4.22. The first-order chi connectivity index (χ1) is 7.79. The lowest BCUT2D eigenvalue weighted by atomic mass is 10.2. The molecular weight excluding hydrogens is 249 g/mol. The SMILES string of the molecule is OC(c1cncc(OCC(F)(F)F)c1)C(F)F. The lowest BCUT2D eigenvalue weighted by molar-refractivity contribution is -0.153. The normalized spacial score (nSPS) is 13.8. The van der Waals surface area contributed by atoms with E-state index in [1.165, 1.54) is 0 Å². The number of halogens is 5. The Hall–Kier alpha value is -1.44. The van der Waals surface area contributed by atoms with Crippen molar-refractivity contribution in [3.8, 4) is 5.75 Å². The van der Waals surface area contributed by atoms with Gasteiger partial charge in [0.05, 0.1) is 6.20 Å². The number of aliphatic hydroxyl groups excluding tert-OH is 1. The van der Waals surface area contributed by atoms with Crippen molar-refractivity contribution in [3.05, 3.63) is 24.0 Å². The Morgan fingerprint density at radius 2 is 1.94 bits per heavy atom. The van der Waals surface area contributed by atoms with Crippen LogP contribution >= 0.6 is 0 Å². The molecule has 1 atom stereocenters. The zero-order valence-electron chi connectivity index (χ0n) is 8.29. The predicted octanol–water partition coefficient (Wildman–Crippen LogP) is 2.32. The average Bonchev–Trinajstić information content (AvgIpc) is 2.24. The largest absolute Gasteiger partial charge is 0.482 e. The molecule has 0 spiro atoms. The Balaban J connectivity index is 2.73.